The lowest BCUT2D eigenvalue weighted by Gasteiger charge is -2.32. The molecule has 0 bridgehead atoms. The lowest BCUT2D eigenvalue weighted by atomic mass is 9.78. The molecule has 30 heavy (non-hydrogen) atoms. The van der Waals surface area contributed by atoms with Crippen molar-refractivity contribution >= 4 is 30.4 Å². The van der Waals surface area contributed by atoms with Crippen molar-refractivity contribution in [1.29, 1.82) is 0 Å². The van der Waals surface area contributed by atoms with Crippen LogP contribution in [0.25, 0.3) is 0 Å². The van der Waals surface area contributed by atoms with Crippen LogP contribution in [0.4, 0.5) is 0 Å². The number of hydrogen-bond acceptors (Lipinski definition) is 6. The summed E-state index contributed by atoms with van der Waals surface area (Å²) in [5.41, 5.74) is 6.27. The number of primary amides is 1. The fourth-order valence-electron chi connectivity index (χ4n) is 2.96. The van der Waals surface area contributed by atoms with Crippen LogP contribution in [0.2, 0.25) is 0 Å². The SMILES string of the molecule is CCOC(=O)CCC(=O)N[C@H](Cc1ccc(B2OC(C)(C)C(C)(C)O2)cc1)C(N)=O. The predicted octanol–water partition coefficient (Wildman–Crippen LogP) is 0.842. The van der Waals surface area contributed by atoms with Crippen LogP contribution in [0, 0.1) is 0 Å². The number of ether oxygens (including phenoxy) is 1. The monoisotopic (exact) mass is 418 g/mol. The molecule has 1 heterocycles. The minimum atomic E-state index is -0.873. The van der Waals surface area contributed by atoms with Gasteiger partial charge in [-0.2, -0.15) is 0 Å². The molecule has 1 aliphatic rings. The average molecular weight is 418 g/mol. The van der Waals surface area contributed by atoms with Gasteiger partial charge in [-0.3, -0.25) is 14.4 Å². The lowest BCUT2D eigenvalue weighted by Crippen LogP contribution is -2.46. The topological polar surface area (TPSA) is 117 Å². The minimum Gasteiger partial charge on any atom is -0.466 e. The van der Waals surface area contributed by atoms with Crippen molar-refractivity contribution in [2.75, 3.05) is 6.61 Å². The van der Waals surface area contributed by atoms with Gasteiger partial charge in [0.25, 0.3) is 0 Å². The molecule has 0 unspecified atom stereocenters. The molecule has 0 saturated carbocycles. The molecule has 1 aromatic carbocycles. The number of carbonyl (C=O) groups excluding carboxylic acids is 3. The van der Waals surface area contributed by atoms with Gasteiger partial charge in [-0.1, -0.05) is 24.3 Å². The van der Waals surface area contributed by atoms with Gasteiger partial charge in [0.2, 0.25) is 11.8 Å². The van der Waals surface area contributed by atoms with Crippen LogP contribution >= 0.6 is 0 Å². The van der Waals surface area contributed by atoms with E-state index in [1.165, 1.54) is 0 Å². The fraction of sp³-hybridized carbons (Fsp3) is 0.571. The number of rotatable bonds is 9. The Bertz CT molecular complexity index is 762. The van der Waals surface area contributed by atoms with Crippen molar-refractivity contribution in [3.8, 4) is 0 Å². The molecule has 1 saturated heterocycles. The lowest BCUT2D eigenvalue weighted by molar-refractivity contribution is -0.144. The van der Waals surface area contributed by atoms with E-state index in [9.17, 15) is 14.4 Å². The molecular weight excluding hydrogens is 387 g/mol. The molecule has 0 aliphatic carbocycles. The van der Waals surface area contributed by atoms with E-state index in [0.717, 1.165) is 11.0 Å². The highest BCUT2D eigenvalue weighted by Gasteiger charge is 2.51. The van der Waals surface area contributed by atoms with Crippen molar-refractivity contribution in [2.45, 2.75) is 71.1 Å². The smallest absolute Gasteiger partial charge is 0.466 e. The maximum atomic E-state index is 12.0. The Balaban J connectivity index is 1.96. The molecule has 164 valence electrons. The quantitative estimate of drug-likeness (QED) is 0.454. The normalized spacial score (nSPS) is 18.0. The van der Waals surface area contributed by atoms with Gasteiger partial charge in [0.1, 0.15) is 6.04 Å². The van der Waals surface area contributed by atoms with Gasteiger partial charge in [-0.25, -0.2) is 0 Å². The highest BCUT2D eigenvalue weighted by Crippen LogP contribution is 2.36. The van der Waals surface area contributed by atoms with Gasteiger partial charge in [0.15, 0.2) is 0 Å². The Kier molecular flexibility index (Phi) is 7.66. The molecular formula is C21H31BN2O6. The van der Waals surface area contributed by atoms with Crippen molar-refractivity contribution in [2.24, 2.45) is 5.73 Å². The first-order valence-corrected chi connectivity index (χ1v) is 10.1. The summed E-state index contributed by atoms with van der Waals surface area (Å²) in [6.07, 6.45) is 0.127. The largest absolute Gasteiger partial charge is 0.494 e. The molecule has 3 N–H and O–H groups in total. The molecule has 0 aromatic heterocycles. The second-order valence-corrected chi connectivity index (χ2v) is 8.36. The molecule has 8 nitrogen and oxygen atoms in total. The second-order valence-electron chi connectivity index (χ2n) is 8.36. The summed E-state index contributed by atoms with van der Waals surface area (Å²) >= 11 is 0. The van der Waals surface area contributed by atoms with Gasteiger partial charge < -0.3 is 25.1 Å². The standard InChI is InChI=1S/C21H31BN2O6/c1-6-28-18(26)12-11-17(25)24-16(19(23)27)13-14-7-9-15(10-8-14)22-29-20(2,3)21(4,5)30-22/h7-10,16H,6,11-13H2,1-5H3,(H2,23,27)(H,24,25)/t16-/m1/s1. The van der Waals surface area contributed by atoms with Crippen molar-refractivity contribution < 1.29 is 28.4 Å². The number of amides is 2. The van der Waals surface area contributed by atoms with Crippen molar-refractivity contribution in [1.82, 2.24) is 5.32 Å². The maximum Gasteiger partial charge on any atom is 0.494 e. The third-order valence-electron chi connectivity index (χ3n) is 5.49. The fourth-order valence-corrected chi connectivity index (χ4v) is 2.96. The molecule has 2 rings (SSSR count). The zero-order valence-corrected chi connectivity index (χ0v) is 18.3. The first kappa shape index (κ1) is 23.9. The highest BCUT2D eigenvalue weighted by molar-refractivity contribution is 6.62. The van der Waals surface area contributed by atoms with Gasteiger partial charge in [-0.15, -0.1) is 0 Å². The van der Waals surface area contributed by atoms with Gasteiger partial charge in [-0.05, 0) is 45.6 Å². The zero-order chi connectivity index (χ0) is 22.5. The third kappa shape index (κ3) is 6.06. The van der Waals surface area contributed by atoms with E-state index in [-0.39, 0.29) is 25.9 Å². The number of nitrogens with one attached hydrogen (secondary N) is 1. The van der Waals surface area contributed by atoms with E-state index < -0.39 is 42.1 Å². The Hall–Kier alpha value is -2.39. The van der Waals surface area contributed by atoms with E-state index >= 15 is 0 Å². The molecule has 2 amide bonds. The van der Waals surface area contributed by atoms with Crippen LogP contribution < -0.4 is 16.5 Å². The Morgan fingerprint density at radius 1 is 1.07 bits per heavy atom. The van der Waals surface area contributed by atoms with E-state index in [2.05, 4.69) is 5.32 Å². The Morgan fingerprint density at radius 2 is 1.63 bits per heavy atom. The first-order valence-electron chi connectivity index (χ1n) is 10.1. The predicted molar refractivity (Wildman–Crippen MR) is 113 cm³/mol. The number of esters is 1. The van der Waals surface area contributed by atoms with Crippen molar-refractivity contribution in [3.05, 3.63) is 29.8 Å². The minimum absolute atomic E-state index is 0.0477. The van der Waals surface area contributed by atoms with Crippen molar-refractivity contribution in [3.63, 3.8) is 0 Å². The second kappa shape index (κ2) is 9.62. The summed E-state index contributed by atoms with van der Waals surface area (Å²) in [5.74, 6) is -1.53. The summed E-state index contributed by atoms with van der Waals surface area (Å²) in [7, 11) is -0.474. The summed E-state index contributed by atoms with van der Waals surface area (Å²) in [6.45, 7) is 9.91. The molecule has 1 aromatic rings. The number of nitrogens with two attached hydrogens (primary N) is 1. The first-order chi connectivity index (χ1) is 13.9. The third-order valence-corrected chi connectivity index (χ3v) is 5.49. The van der Waals surface area contributed by atoms with Crippen LogP contribution in [-0.2, 0) is 34.9 Å². The zero-order valence-electron chi connectivity index (χ0n) is 18.3. The van der Waals surface area contributed by atoms with E-state index in [4.69, 9.17) is 19.8 Å². The van der Waals surface area contributed by atoms with E-state index in [0.29, 0.717) is 0 Å². The van der Waals surface area contributed by atoms with Crippen LogP contribution in [0.15, 0.2) is 24.3 Å². The molecule has 1 atom stereocenters. The molecule has 1 fully saturated rings. The summed E-state index contributed by atoms with van der Waals surface area (Å²) in [6, 6.07) is 6.57. The highest BCUT2D eigenvalue weighted by atomic mass is 16.7. The van der Waals surface area contributed by atoms with Gasteiger partial charge in [0, 0.05) is 12.8 Å². The Morgan fingerprint density at radius 3 is 2.13 bits per heavy atom. The van der Waals surface area contributed by atoms with Crippen LogP contribution in [-0.4, -0.2) is 48.8 Å². The summed E-state index contributed by atoms with van der Waals surface area (Å²) in [4.78, 5) is 35.2. The number of carbonyl (C=O) groups is 3. The average Bonchev–Trinajstić information content (AvgIpc) is 2.87. The Labute approximate surface area is 178 Å². The summed E-state index contributed by atoms with van der Waals surface area (Å²) in [5, 5.41) is 2.58. The summed E-state index contributed by atoms with van der Waals surface area (Å²) < 4.78 is 16.9. The number of hydrogen-bond donors (Lipinski definition) is 2. The van der Waals surface area contributed by atoms with Gasteiger partial charge in [0.05, 0.1) is 24.2 Å². The number of benzene rings is 1. The van der Waals surface area contributed by atoms with E-state index in [1.54, 1.807) is 6.92 Å². The molecule has 0 radical (unpaired) electrons. The van der Waals surface area contributed by atoms with Crippen LogP contribution in [0.1, 0.15) is 53.0 Å². The molecule has 9 heteroatoms. The van der Waals surface area contributed by atoms with Gasteiger partial charge >= 0.3 is 13.1 Å². The van der Waals surface area contributed by atoms with E-state index in [1.807, 2.05) is 52.0 Å². The van der Waals surface area contributed by atoms with Crippen LogP contribution in [0.5, 0.6) is 0 Å². The van der Waals surface area contributed by atoms with Crippen LogP contribution in [0.3, 0.4) is 0 Å². The molecule has 0 spiro atoms. The maximum absolute atomic E-state index is 12.0. The molecule has 1 aliphatic heterocycles.